The maximum Gasteiger partial charge on any atom is 0.276 e. The predicted octanol–water partition coefficient (Wildman–Crippen LogP) is 2.64. The van der Waals surface area contributed by atoms with Crippen molar-refractivity contribution in [3.05, 3.63) is 49.9 Å². The van der Waals surface area contributed by atoms with E-state index in [1.165, 1.54) is 0 Å². The quantitative estimate of drug-likeness (QED) is 0.382. The second-order valence-corrected chi connectivity index (χ2v) is 5.87. The minimum Gasteiger partial charge on any atom is -0.376 e. The summed E-state index contributed by atoms with van der Waals surface area (Å²) in [5.74, 6) is 0.228. The SMILES string of the molecule is N#CCOCCNc1c(C=N)nc(NCc2ccc(Cl)c(Cl)c2)[nH]c1=O. The van der Waals surface area contributed by atoms with Gasteiger partial charge in [0.05, 0.1) is 22.7 Å². The molecule has 0 atom stereocenters. The van der Waals surface area contributed by atoms with E-state index < -0.39 is 5.56 Å². The maximum atomic E-state index is 12.2. The van der Waals surface area contributed by atoms with Crippen molar-refractivity contribution in [3.63, 3.8) is 0 Å². The Labute approximate surface area is 159 Å². The molecule has 0 aliphatic carbocycles. The van der Waals surface area contributed by atoms with E-state index in [0.717, 1.165) is 11.8 Å². The number of rotatable bonds is 9. The van der Waals surface area contributed by atoms with Crippen LogP contribution >= 0.6 is 23.2 Å². The van der Waals surface area contributed by atoms with Crippen molar-refractivity contribution < 1.29 is 4.74 Å². The van der Waals surface area contributed by atoms with Gasteiger partial charge in [-0.05, 0) is 17.7 Å². The lowest BCUT2D eigenvalue weighted by Crippen LogP contribution is -2.22. The topological polar surface area (TPSA) is 127 Å². The molecule has 0 spiro atoms. The van der Waals surface area contributed by atoms with Gasteiger partial charge in [0.1, 0.15) is 18.0 Å². The van der Waals surface area contributed by atoms with E-state index in [1.807, 2.05) is 6.07 Å². The summed E-state index contributed by atoms with van der Waals surface area (Å²) in [5, 5.41) is 22.6. The first-order chi connectivity index (χ1) is 12.5. The fraction of sp³-hybridized carbons (Fsp3) is 0.250. The van der Waals surface area contributed by atoms with Crippen LogP contribution in [0.3, 0.4) is 0 Å². The number of halogens is 2. The molecule has 8 nitrogen and oxygen atoms in total. The molecule has 0 unspecified atom stereocenters. The zero-order valence-corrected chi connectivity index (χ0v) is 15.1. The van der Waals surface area contributed by atoms with Crippen molar-refractivity contribution in [2.75, 3.05) is 30.4 Å². The van der Waals surface area contributed by atoms with Crippen molar-refractivity contribution >= 4 is 41.1 Å². The zero-order valence-electron chi connectivity index (χ0n) is 13.6. The second-order valence-electron chi connectivity index (χ2n) is 5.06. The van der Waals surface area contributed by atoms with Gasteiger partial charge in [-0.15, -0.1) is 0 Å². The number of anilines is 2. The molecule has 0 radical (unpaired) electrons. The number of benzene rings is 1. The molecule has 0 bridgehead atoms. The van der Waals surface area contributed by atoms with Gasteiger partial charge in [0.15, 0.2) is 0 Å². The van der Waals surface area contributed by atoms with Gasteiger partial charge in [-0.2, -0.15) is 5.26 Å². The Hall–Kier alpha value is -2.60. The molecule has 2 aromatic rings. The maximum absolute atomic E-state index is 12.2. The largest absolute Gasteiger partial charge is 0.376 e. The molecular weight excluding hydrogens is 379 g/mol. The average molecular weight is 395 g/mol. The van der Waals surface area contributed by atoms with E-state index in [-0.39, 0.29) is 30.5 Å². The standard InChI is InChI=1S/C16H16Cl2N6O2/c17-11-2-1-10(7-12(11)18)9-22-16-23-13(8-20)14(15(25)24-16)21-4-6-26-5-3-19/h1-2,7-8,20-21H,4-6,9H2,(H2,22,23,24,25). The molecule has 0 saturated carbocycles. The van der Waals surface area contributed by atoms with Gasteiger partial charge in [-0.3, -0.25) is 9.78 Å². The van der Waals surface area contributed by atoms with Crippen molar-refractivity contribution in [3.8, 4) is 6.07 Å². The number of nitrogens with zero attached hydrogens (tertiary/aromatic N) is 2. The number of hydrogen-bond acceptors (Lipinski definition) is 7. The van der Waals surface area contributed by atoms with Crippen LogP contribution in [0.5, 0.6) is 0 Å². The molecule has 1 heterocycles. The summed E-state index contributed by atoms with van der Waals surface area (Å²) in [7, 11) is 0. The van der Waals surface area contributed by atoms with Gasteiger partial charge in [-0.1, -0.05) is 29.3 Å². The third kappa shape index (κ3) is 5.46. The fourth-order valence-corrected chi connectivity index (χ4v) is 2.37. The number of ether oxygens (including phenoxy) is 1. The molecule has 10 heteroatoms. The number of nitrogens with one attached hydrogen (secondary N) is 4. The zero-order chi connectivity index (χ0) is 18.9. The molecular formula is C16H16Cl2N6O2. The summed E-state index contributed by atoms with van der Waals surface area (Å²) in [6, 6.07) is 7.05. The monoisotopic (exact) mass is 394 g/mol. The minimum atomic E-state index is -0.421. The Bertz CT molecular complexity index is 878. The van der Waals surface area contributed by atoms with Crippen LogP contribution in [-0.4, -0.2) is 35.9 Å². The fourth-order valence-electron chi connectivity index (χ4n) is 2.05. The molecule has 4 N–H and O–H groups in total. The van der Waals surface area contributed by atoms with Crippen LogP contribution in [0.4, 0.5) is 11.6 Å². The van der Waals surface area contributed by atoms with Crippen LogP contribution < -0.4 is 16.2 Å². The lowest BCUT2D eigenvalue weighted by molar-refractivity contribution is 0.177. The molecule has 0 saturated heterocycles. The van der Waals surface area contributed by atoms with Gasteiger partial charge in [0.2, 0.25) is 5.95 Å². The van der Waals surface area contributed by atoms with Gasteiger partial charge in [0, 0.05) is 19.3 Å². The minimum absolute atomic E-state index is 0.0225. The Morgan fingerprint density at radius 1 is 1.35 bits per heavy atom. The van der Waals surface area contributed by atoms with E-state index in [1.54, 1.807) is 18.2 Å². The molecule has 0 aliphatic rings. The second kappa shape index (κ2) is 9.77. The average Bonchev–Trinajstić information content (AvgIpc) is 2.63. The van der Waals surface area contributed by atoms with Crippen LogP contribution in [0, 0.1) is 16.7 Å². The highest BCUT2D eigenvalue weighted by Gasteiger charge is 2.10. The highest BCUT2D eigenvalue weighted by atomic mass is 35.5. The lowest BCUT2D eigenvalue weighted by atomic mass is 10.2. The number of hydrogen-bond donors (Lipinski definition) is 4. The first-order valence-electron chi connectivity index (χ1n) is 7.56. The number of aromatic nitrogens is 2. The first kappa shape index (κ1) is 19.7. The van der Waals surface area contributed by atoms with Crippen molar-refractivity contribution in [1.29, 1.82) is 10.7 Å². The normalized spacial score (nSPS) is 10.2. The van der Waals surface area contributed by atoms with Gasteiger partial charge < -0.3 is 20.8 Å². The lowest BCUT2D eigenvalue weighted by Gasteiger charge is -2.11. The molecule has 0 aliphatic heterocycles. The number of aromatic amines is 1. The smallest absolute Gasteiger partial charge is 0.276 e. The Morgan fingerprint density at radius 3 is 2.85 bits per heavy atom. The predicted molar refractivity (Wildman–Crippen MR) is 101 cm³/mol. The number of H-pyrrole nitrogens is 1. The highest BCUT2D eigenvalue weighted by Crippen LogP contribution is 2.22. The molecule has 0 fully saturated rings. The third-order valence-corrected chi connectivity index (χ3v) is 3.98. The summed E-state index contributed by atoms with van der Waals surface area (Å²) < 4.78 is 5.00. The third-order valence-electron chi connectivity index (χ3n) is 3.24. The summed E-state index contributed by atoms with van der Waals surface area (Å²) >= 11 is 11.8. The van der Waals surface area contributed by atoms with Crippen LogP contribution in [-0.2, 0) is 11.3 Å². The molecule has 2 rings (SSSR count). The van der Waals surface area contributed by atoms with Crippen LogP contribution in [0.15, 0.2) is 23.0 Å². The van der Waals surface area contributed by atoms with Gasteiger partial charge >= 0.3 is 0 Å². The summed E-state index contributed by atoms with van der Waals surface area (Å²) in [6.45, 7) is 0.905. The first-order valence-corrected chi connectivity index (χ1v) is 8.32. The van der Waals surface area contributed by atoms with E-state index in [2.05, 4.69) is 20.6 Å². The molecule has 26 heavy (non-hydrogen) atoms. The summed E-state index contributed by atoms with van der Waals surface area (Å²) in [4.78, 5) is 19.0. The highest BCUT2D eigenvalue weighted by molar-refractivity contribution is 6.42. The summed E-state index contributed by atoms with van der Waals surface area (Å²) in [5.41, 5.74) is 0.789. The Balaban J connectivity index is 2.05. The Morgan fingerprint density at radius 2 is 2.15 bits per heavy atom. The van der Waals surface area contributed by atoms with Crippen LogP contribution in [0.1, 0.15) is 11.3 Å². The summed E-state index contributed by atoms with van der Waals surface area (Å²) in [6.07, 6.45) is 0.984. The van der Waals surface area contributed by atoms with Crippen molar-refractivity contribution in [2.45, 2.75) is 6.54 Å². The molecule has 1 aromatic heterocycles. The van der Waals surface area contributed by atoms with Gasteiger partial charge in [0.25, 0.3) is 5.56 Å². The van der Waals surface area contributed by atoms with E-state index in [0.29, 0.717) is 23.1 Å². The van der Waals surface area contributed by atoms with E-state index in [4.69, 9.17) is 38.6 Å². The van der Waals surface area contributed by atoms with Crippen molar-refractivity contribution in [1.82, 2.24) is 9.97 Å². The van der Waals surface area contributed by atoms with Crippen LogP contribution in [0.2, 0.25) is 10.0 Å². The van der Waals surface area contributed by atoms with Gasteiger partial charge in [-0.25, -0.2) is 4.98 Å². The molecule has 136 valence electrons. The van der Waals surface area contributed by atoms with Crippen molar-refractivity contribution in [2.24, 2.45) is 0 Å². The Kier molecular flexibility index (Phi) is 7.41. The van der Waals surface area contributed by atoms with Crippen LogP contribution in [0.25, 0.3) is 0 Å². The van der Waals surface area contributed by atoms with E-state index in [9.17, 15) is 4.79 Å². The molecule has 1 aromatic carbocycles. The number of nitriles is 1. The van der Waals surface area contributed by atoms with E-state index >= 15 is 0 Å². The molecule has 0 amide bonds.